The van der Waals surface area contributed by atoms with Gasteiger partial charge in [-0.2, -0.15) is 0 Å². The number of aromatic nitrogens is 3. The molecule has 0 aliphatic rings. The second kappa shape index (κ2) is 4.27. The molecule has 0 fully saturated rings. The van der Waals surface area contributed by atoms with Gasteiger partial charge in [0.1, 0.15) is 11.4 Å². The van der Waals surface area contributed by atoms with Crippen molar-refractivity contribution in [3.05, 3.63) is 47.4 Å². The van der Waals surface area contributed by atoms with Gasteiger partial charge in [-0.05, 0) is 23.9 Å². The van der Waals surface area contributed by atoms with E-state index >= 15 is 0 Å². The third kappa shape index (κ3) is 1.69. The van der Waals surface area contributed by atoms with Gasteiger partial charge >= 0.3 is 0 Å². The lowest BCUT2D eigenvalue weighted by molar-refractivity contribution is 0.300. The van der Waals surface area contributed by atoms with Crippen molar-refractivity contribution < 1.29 is 4.63 Å². The van der Waals surface area contributed by atoms with Crippen LogP contribution in [0, 0.1) is 6.92 Å². The molecule has 0 radical (unpaired) electrons. The first-order valence-corrected chi connectivity index (χ1v) is 5.84. The van der Waals surface area contributed by atoms with Crippen molar-refractivity contribution in [3.63, 3.8) is 0 Å². The van der Waals surface area contributed by atoms with Crippen LogP contribution >= 0.6 is 0 Å². The number of fused-ring (bicyclic) bond motifs is 1. The Hall–Kier alpha value is -2.14. The standard InChI is InChI=1S/C13H14N4O/c1-9-12(16-18-15-9)8-17-6-5-10-3-2-4-11(7-14)13(10)17/h2-6H,7-8,14H2,1H3. The molecule has 92 valence electrons. The summed E-state index contributed by atoms with van der Waals surface area (Å²) in [4.78, 5) is 0. The third-order valence-electron chi connectivity index (χ3n) is 3.16. The van der Waals surface area contributed by atoms with Crippen LogP contribution in [-0.4, -0.2) is 14.9 Å². The molecule has 0 spiro atoms. The molecule has 0 saturated heterocycles. The Balaban J connectivity index is 2.10. The van der Waals surface area contributed by atoms with Crippen LogP contribution in [0.1, 0.15) is 17.0 Å². The molecule has 0 bridgehead atoms. The third-order valence-corrected chi connectivity index (χ3v) is 3.16. The molecule has 0 unspecified atom stereocenters. The molecule has 0 amide bonds. The molecule has 5 nitrogen and oxygen atoms in total. The summed E-state index contributed by atoms with van der Waals surface area (Å²) in [5.74, 6) is 0. The van der Waals surface area contributed by atoms with E-state index in [-0.39, 0.29) is 0 Å². The predicted octanol–water partition coefficient (Wildman–Crippen LogP) is 1.84. The van der Waals surface area contributed by atoms with E-state index < -0.39 is 0 Å². The number of para-hydroxylation sites is 1. The van der Waals surface area contributed by atoms with Crippen LogP contribution in [-0.2, 0) is 13.1 Å². The lowest BCUT2D eigenvalue weighted by atomic mass is 10.1. The molecule has 1 aromatic carbocycles. The minimum atomic E-state index is 0.525. The second-order valence-electron chi connectivity index (χ2n) is 4.30. The van der Waals surface area contributed by atoms with Crippen LogP contribution in [0.25, 0.3) is 10.9 Å². The van der Waals surface area contributed by atoms with Crippen LogP contribution in [0.15, 0.2) is 35.1 Å². The summed E-state index contributed by atoms with van der Waals surface area (Å²) in [5.41, 5.74) is 9.74. The topological polar surface area (TPSA) is 69.9 Å². The van der Waals surface area contributed by atoms with Gasteiger partial charge in [0, 0.05) is 12.7 Å². The molecule has 3 rings (SSSR count). The molecule has 5 heteroatoms. The van der Waals surface area contributed by atoms with Crippen LogP contribution in [0.2, 0.25) is 0 Å². The quantitative estimate of drug-likeness (QED) is 0.760. The summed E-state index contributed by atoms with van der Waals surface area (Å²) in [6, 6.07) is 8.24. The molecule has 3 aromatic rings. The first-order chi connectivity index (χ1) is 8.79. The fourth-order valence-electron chi connectivity index (χ4n) is 2.19. The molecule has 2 aromatic heterocycles. The Bertz CT molecular complexity index is 683. The predicted molar refractivity (Wildman–Crippen MR) is 68.0 cm³/mol. The van der Waals surface area contributed by atoms with E-state index in [1.54, 1.807) is 0 Å². The molecule has 0 aliphatic carbocycles. The van der Waals surface area contributed by atoms with Gasteiger partial charge in [0.2, 0.25) is 0 Å². The van der Waals surface area contributed by atoms with Crippen molar-refractivity contribution in [1.82, 2.24) is 14.9 Å². The van der Waals surface area contributed by atoms with Crippen LogP contribution in [0.4, 0.5) is 0 Å². The van der Waals surface area contributed by atoms with E-state index in [1.807, 2.05) is 25.3 Å². The van der Waals surface area contributed by atoms with Crippen LogP contribution < -0.4 is 5.73 Å². The highest BCUT2D eigenvalue weighted by Crippen LogP contribution is 2.21. The molecular weight excluding hydrogens is 228 g/mol. The Labute approximate surface area is 104 Å². The summed E-state index contributed by atoms with van der Waals surface area (Å²) in [6.45, 7) is 3.06. The van der Waals surface area contributed by atoms with E-state index in [1.165, 1.54) is 5.39 Å². The molecule has 0 atom stereocenters. The molecule has 0 saturated carbocycles. The normalized spacial score (nSPS) is 11.2. The average molecular weight is 242 g/mol. The van der Waals surface area contributed by atoms with Gasteiger partial charge in [0.15, 0.2) is 0 Å². The minimum absolute atomic E-state index is 0.525. The summed E-state index contributed by atoms with van der Waals surface area (Å²) >= 11 is 0. The number of aryl methyl sites for hydroxylation is 1. The average Bonchev–Trinajstić information content (AvgIpc) is 2.97. The fourth-order valence-corrected chi connectivity index (χ4v) is 2.19. The zero-order valence-electron chi connectivity index (χ0n) is 10.1. The first kappa shape index (κ1) is 11.0. The summed E-state index contributed by atoms with van der Waals surface area (Å²) < 4.78 is 6.85. The Morgan fingerprint density at radius 2 is 2.17 bits per heavy atom. The zero-order valence-corrected chi connectivity index (χ0v) is 10.1. The zero-order chi connectivity index (χ0) is 12.5. The highest BCUT2D eigenvalue weighted by atomic mass is 16.6. The maximum Gasteiger partial charge on any atom is 0.127 e. The van der Waals surface area contributed by atoms with Gasteiger partial charge in [-0.1, -0.05) is 28.5 Å². The van der Waals surface area contributed by atoms with Gasteiger partial charge in [-0.25, -0.2) is 4.63 Å². The monoisotopic (exact) mass is 242 g/mol. The lowest BCUT2D eigenvalue weighted by Gasteiger charge is -2.07. The van der Waals surface area contributed by atoms with E-state index in [4.69, 9.17) is 10.4 Å². The first-order valence-electron chi connectivity index (χ1n) is 5.84. The van der Waals surface area contributed by atoms with Crippen molar-refractivity contribution in [2.75, 3.05) is 0 Å². The number of benzene rings is 1. The SMILES string of the molecule is Cc1nonc1Cn1ccc2cccc(CN)c21. The Morgan fingerprint density at radius 1 is 1.28 bits per heavy atom. The summed E-state index contributed by atoms with van der Waals surface area (Å²) in [7, 11) is 0. The number of nitrogens with two attached hydrogens (primary N) is 1. The highest BCUT2D eigenvalue weighted by Gasteiger charge is 2.10. The van der Waals surface area contributed by atoms with Crippen molar-refractivity contribution in [1.29, 1.82) is 0 Å². The van der Waals surface area contributed by atoms with Gasteiger partial charge in [0.05, 0.1) is 12.1 Å². The van der Waals surface area contributed by atoms with Crippen molar-refractivity contribution >= 4 is 10.9 Å². The van der Waals surface area contributed by atoms with Gasteiger partial charge in [0.25, 0.3) is 0 Å². The molecular formula is C13H14N4O. The Kier molecular flexibility index (Phi) is 2.60. The number of hydrogen-bond acceptors (Lipinski definition) is 4. The molecule has 2 N–H and O–H groups in total. The number of hydrogen-bond donors (Lipinski definition) is 1. The Morgan fingerprint density at radius 3 is 2.89 bits per heavy atom. The summed E-state index contributed by atoms with van der Waals surface area (Å²) in [6.07, 6.45) is 2.04. The van der Waals surface area contributed by atoms with Crippen molar-refractivity contribution in [2.24, 2.45) is 5.73 Å². The fraction of sp³-hybridized carbons (Fsp3) is 0.231. The van der Waals surface area contributed by atoms with Gasteiger partial charge in [-0.15, -0.1) is 0 Å². The maximum atomic E-state index is 5.79. The van der Waals surface area contributed by atoms with E-state index in [0.29, 0.717) is 13.1 Å². The second-order valence-corrected chi connectivity index (χ2v) is 4.30. The molecule has 0 aliphatic heterocycles. The summed E-state index contributed by atoms with van der Waals surface area (Å²) in [5, 5.41) is 8.90. The number of rotatable bonds is 3. The molecule has 2 heterocycles. The van der Waals surface area contributed by atoms with Gasteiger partial charge < -0.3 is 10.3 Å². The number of nitrogens with zero attached hydrogens (tertiary/aromatic N) is 3. The van der Waals surface area contributed by atoms with E-state index in [2.05, 4.69) is 27.0 Å². The smallest absolute Gasteiger partial charge is 0.127 e. The van der Waals surface area contributed by atoms with Crippen LogP contribution in [0.5, 0.6) is 0 Å². The minimum Gasteiger partial charge on any atom is -0.341 e. The largest absolute Gasteiger partial charge is 0.341 e. The van der Waals surface area contributed by atoms with Crippen molar-refractivity contribution in [2.45, 2.75) is 20.0 Å². The molecule has 18 heavy (non-hydrogen) atoms. The van der Waals surface area contributed by atoms with Gasteiger partial charge in [-0.3, -0.25) is 0 Å². The van der Waals surface area contributed by atoms with E-state index in [9.17, 15) is 0 Å². The lowest BCUT2D eigenvalue weighted by Crippen LogP contribution is -2.04. The van der Waals surface area contributed by atoms with Crippen LogP contribution in [0.3, 0.4) is 0 Å². The highest BCUT2D eigenvalue weighted by molar-refractivity contribution is 5.83. The van der Waals surface area contributed by atoms with E-state index in [0.717, 1.165) is 22.5 Å². The van der Waals surface area contributed by atoms with Crippen molar-refractivity contribution in [3.8, 4) is 0 Å². The maximum absolute atomic E-state index is 5.79.